The van der Waals surface area contributed by atoms with Crippen molar-refractivity contribution >= 4 is 23.2 Å². The number of benzene rings is 2. The minimum Gasteiger partial charge on any atom is -0.496 e. The lowest BCUT2D eigenvalue weighted by Gasteiger charge is -2.37. The monoisotopic (exact) mass is 369 g/mol. The molecule has 1 saturated heterocycles. The molecule has 0 saturated carbocycles. The number of rotatable bonds is 3. The average Bonchev–Trinajstić information content (AvgIpc) is 2.67. The number of hydrogen-bond donors (Lipinski definition) is 0. The van der Waals surface area contributed by atoms with Gasteiger partial charge in [0.1, 0.15) is 11.8 Å². The fourth-order valence-corrected chi connectivity index (χ4v) is 3.49. The van der Waals surface area contributed by atoms with Crippen LogP contribution in [0.25, 0.3) is 0 Å². The second kappa shape index (κ2) is 7.67. The van der Waals surface area contributed by atoms with E-state index in [-0.39, 0.29) is 5.91 Å². The van der Waals surface area contributed by atoms with E-state index < -0.39 is 0 Å². The summed E-state index contributed by atoms with van der Waals surface area (Å²) in [5.41, 5.74) is 2.93. The number of nitrogens with zero attached hydrogens (tertiary/aromatic N) is 3. The van der Waals surface area contributed by atoms with Crippen LogP contribution < -0.4 is 9.64 Å². The highest BCUT2D eigenvalue weighted by atomic mass is 35.5. The van der Waals surface area contributed by atoms with E-state index in [9.17, 15) is 10.1 Å². The molecule has 3 rings (SSSR count). The van der Waals surface area contributed by atoms with Crippen LogP contribution in [0.4, 0.5) is 5.69 Å². The molecule has 0 spiro atoms. The number of nitriles is 1. The van der Waals surface area contributed by atoms with Crippen molar-refractivity contribution < 1.29 is 9.53 Å². The van der Waals surface area contributed by atoms with E-state index in [0.717, 1.165) is 11.3 Å². The zero-order valence-corrected chi connectivity index (χ0v) is 15.6. The number of halogens is 1. The quantitative estimate of drug-likeness (QED) is 0.831. The van der Waals surface area contributed by atoms with Gasteiger partial charge in [-0.3, -0.25) is 4.79 Å². The Morgan fingerprint density at radius 1 is 1.19 bits per heavy atom. The molecule has 0 atom stereocenters. The van der Waals surface area contributed by atoms with Crippen molar-refractivity contribution in [2.45, 2.75) is 6.92 Å². The number of carbonyl (C=O) groups is 1. The van der Waals surface area contributed by atoms with Crippen LogP contribution >= 0.6 is 11.6 Å². The van der Waals surface area contributed by atoms with Gasteiger partial charge in [0.2, 0.25) is 0 Å². The number of methoxy groups -OCH3 is 1. The summed E-state index contributed by atoms with van der Waals surface area (Å²) in [5.74, 6) is 0.701. The third kappa shape index (κ3) is 3.47. The Balaban J connectivity index is 1.73. The van der Waals surface area contributed by atoms with Crippen LogP contribution in [0.5, 0.6) is 5.75 Å². The van der Waals surface area contributed by atoms with Gasteiger partial charge in [0.05, 0.1) is 23.4 Å². The van der Waals surface area contributed by atoms with E-state index in [0.29, 0.717) is 48.1 Å². The van der Waals surface area contributed by atoms with Crippen LogP contribution in [0.3, 0.4) is 0 Å². The molecular weight excluding hydrogens is 350 g/mol. The normalized spacial score (nSPS) is 14.1. The number of carbonyl (C=O) groups excluding carboxylic acids is 1. The number of piperazine rings is 1. The molecule has 1 aliphatic rings. The Bertz CT molecular complexity index is 868. The average molecular weight is 370 g/mol. The zero-order chi connectivity index (χ0) is 18.7. The molecule has 1 heterocycles. The summed E-state index contributed by atoms with van der Waals surface area (Å²) in [4.78, 5) is 16.7. The van der Waals surface area contributed by atoms with Crippen LogP contribution in [-0.4, -0.2) is 44.1 Å². The Labute approximate surface area is 158 Å². The second-order valence-corrected chi connectivity index (χ2v) is 6.62. The molecule has 1 aliphatic heterocycles. The van der Waals surface area contributed by atoms with Crippen molar-refractivity contribution in [3.8, 4) is 11.8 Å². The number of para-hydroxylation sites is 1. The van der Waals surface area contributed by atoms with E-state index in [1.165, 1.54) is 0 Å². The summed E-state index contributed by atoms with van der Waals surface area (Å²) in [7, 11) is 1.60. The van der Waals surface area contributed by atoms with E-state index in [4.69, 9.17) is 16.3 Å². The highest BCUT2D eigenvalue weighted by Crippen LogP contribution is 2.30. The third-order valence-electron chi connectivity index (χ3n) is 4.65. The fraction of sp³-hybridized carbons (Fsp3) is 0.300. The molecule has 134 valence electrons. The lowest BCUT2D eigenvalue weighted by Crippen LogP contribution is -2.49. The van der Waals surface area contributed by atoms with E-state index in [1.807, 2.05) is 24.0 Å². The molecule has 2 aromatic carbocycles. The van der Waals surface area contributed by atoms with Gasteiger partial charge < -0.3 is 14.5 Å². The van der Waals surface area contributed by atoms with Crippen molar-refractivity contribution in [3.63, 3.8) is 0 Å². The molecule has 0 N–H and O–H groups in total. The number of hydrogen-bond acceptors (Lipinski definition) is 4. The first-order valence-electron chi connectivity index (χ1n) is 8.42. The lowest BCUT2D eigenvalue weighted by atomic mass is 10.1. The topological polar surface area (TPSA) is 56.6 Å². The molecule has 0 unspecified atom stereocenters. The van der Waals surface area contributed by atoms with Gasteiger partial charge in [-0.2, -0.15) is 5.26 Å². The lowest BCUT2D eigenvalue weighted by molar-refractivity contribution is 0.0746. The van der Waals surface area contributed by atoms with E-state index in [2.05, 4.69) is 11.0 Å². The van der Waals surface area contributed by atoms with Crippen LogP contribution in [0.1, 0.15) is 21.5 Å². The van der Waals surface area contributed by atoms with Crippen LogP contribution in [-0.2, 0) is 0 Å². The third-order valence-corrected chi connectivity index (χ3v) is 4.95. The Kier molecular flexibility index (Phi) is 5.34. The number of ether oxygens (including phenoxy) is 1. The molecule has 1 fully saturated rings. The second-order valence-electron chi connectivity index (χ2n) is 6.21. The van der Waals surface area contributed by atoms with Gasteiger partial charge in [0.15, 0.2) is 0 Å². The Hall–Kier alpha value is -2.71. The van der Waals surface area contributed by atoms with Gasteiger partial charge in [-0.25, -0.2) is 0 Å². The standard InChI is InChI=1S/C20H20ClN3O2/c1-14-6-7-15(12-18(14)26-2)20(25)24-10-8-23(9-11-24)19-16(13-22)4-3-5-17(19)21/h3-7,12H,8-11H2,1-2H3. The van der Waals surface area contributed by atoms with Gasteiger partial charge >= 0.3 is 0 Å². The van der Waals surface area contributed by atoms with Crippen LogP contribution in [0.2, 0.25) is 5.02 Å². The smallest absolute Gasteiger partial charge is 0.254 e. The van der Waals surface area contributed by atoms with Crippen LogP contribution in [0.15, 0.2) is 36.4 Å². The zero-order valence-electron chi connectivity index (χ0n) is 14.8. The maximum atomic E-state index is 12.8. The molecule has 6 heteroatoms. The summed E-state index contributed by atoms with van der Waals surface area (Å²) in [5, 5.41) is 9.88. The maximum absolute atomic E-state index is 12.8. The summed E-state index contributed by atoms with van der Waals surface area (Å²) in [6, 6.07) is 13.0. The molecule has 0 bridgehead atoms. The number of amides is 1. The molecule has 5 nitrogen and oxygen atoms in total. The van der Waals surface area contributed by atoms with Gasteiger partial charge in [-0.15, -0.1) is 0 Å². The number of aryl methyl sites for hydroxylation is 1. The highest BCUT2D eigenvalue weighted by molar-refractivity contribution is 6.33. The van der Waals surface area contributed by atoms with Gasteiger partial charge in [0, 0.05) is 31.7 Å². The molecular formula is C20H20ClN3O2. The molecule has 0 radical (unpaired) electrons. The molecule has 1 amide bonds. The van der Waals surface area contributed by atoms with Crippen molar-refractivity contribution in [2.75, 3.05) is 38.2 Å². The van der Waals surface area contributed by atoms with E-state index in [1.54, 1.807) is 31.4 Å². The van der Waals surface area contributed by atoms with Crippen molar-refractivity contribution in [1.29, 1.82) is 5.26 Å². The molecule has 26 heavy (non-hydrogen) atoms. The van der Waals surface area contributed by atoms with Gasteiger partial charge in [0.25, 0.3) is 5.91 Å². The summed E-state index contributed by atoms with van der Waals surface area (Å²) in [6.07, 6.45) is 0. The minimum atomic E-state index is -0.0115. The number of anilines is 1. The first kappa shape index (κ1) is 18.1. The summed E-state index contributed by atoms with van der Waals surface area (Å²) >= 11 is 6.30. The SMILES string of the molecule is COc1cc(C(=O)N2CCN(c3c(Cl)cccc3C#N)CC2)ccc1C. The van der Waals surface area contributed by atoms with Crippen molar-refractivity contribution in [3.05, 3.63) is 58.1 Å². The fourth-order valence-electron chi connectivity index (χ4n) is 3.20. The summed E-state index contributed by atoms with van der Waals surface area (Å²) in [6.45, 7) is 4.36. The van der Waals surface area contributed by atoms with Crippen molar-refractivity contribution in [1.82, 2.24) is 4.90 Å². The Morgan fingerprint density at radius 3 is 2.58 bits per heavy atom. The molecule has 2 aromatic rings. The largest absolute Gasteiger partial charge is 0.496 e. The Morgan fingerprint density at radius 2 is 1.92 bits per heavy atom. The predicted octanol–water partition coefficient (Wildman–Crippen LogP) is 3.49. The maximum Gasteiger partial charge on any atom is 0.254 e. The predicted molar refractivity (Wildman–Crippen MR) is 102 cm³/mol. The van der Waals surface area contributed by atoms with Crippen molar-refractivity contribution in [2.24, 2.45) is 0 Å². The van der Waals surface area contributed by atoms with Gasteiger partial charge in [-0.1, -0.05) is 23.7 Å². The summed E-state index contributed by atoms with van der Waals surface area (Å²) < 4.78 is 5.31. The highest BCUT2D eigenvalue weighted by Gasteiger charge is 2.25. The minimum absolute atomic E-state index is 0.0115. The molecule has 0 aromatic heterocycles. The van der Waals surface area contributed by atoms with Gasteiger partial charge in [-0.05, 0) is 36.8 Å². The first-order valence-corrected chi connectivity index (χ1v) is 8.80. The van der Waals surface area contributed by atoms with E-state index >= 15 is 0 Å². The molecule has 0 aliphatic carbocycles. The van der Waals surface area contributed by atoms with Crippen LogP contribution in [0, 0.1) is 18.3 Å². The first-order chi connectivity index (χ1) is 12.5.